The Morgan fingerprint density at radius 1 is 1.50 bits per heavy atom. The van der Waals surface area contributed by atoms with Gasteiger partial charge in [-0.3, -0.25) is 9.59 Å². The third-order valence-corrected chi connectivity index (χ3v) is 5.91. The molecule has 2 aliphatic rings. The molecule has 1 aromatic carbocycles. The minimum absolute atomic E-state index is 0.163. The van der Waals surface area contributed by atoms with Crippen LogP contribution >= 0.6 is 15.9 Å². The largest absolute Gasteiger partial charge is 0.493 e. The molecule has 0 saturated carbocycles. The first-order valence-electron chi connectivity index (χ1n) is 9.22. The number of Topliss-reactive ketones (excluding diaryl/α,β-unsaturated/α-hetero) is 1. The van der Waals surface area contributed by atoms with E-state index < -0.39 is 5.41 Å². The minimum atomic E-state index is -0.427. The van der Waals surface area contributed by atoms with Gasteiger partial charge < -0.3 is 14.4 Å². The van der Waals surface area contributed by atoms with Gasteiger partial charge in [0.05, 0.1) is 12.5 Å². The Hall–Kier alpha value is -1.56. The second-order valence-corrected chi connectivity index (χ2v) is 7.54. The van der Waals surface area contributed by atoms with Crippen LogP contribution in [-0.4, -0.2) is 43.4 Å². The quantitative estimate of drug-likeness (QED) is 0.671. The van der Waals surface area contributed by atoms with Crippen LogP contribution in [0, 0.1) is 0 Å². The Balaban J connectivity index is 0.00000117. The van der Waals surface area contributed by atoms with E-state index in [0.29, 0.717) is 31.7 Å². The van der Waals surface area contributed by atoms with Crippen LogP contribution in [0.25, 0.3) is 0 Å². The summed E-state index contributed by atoms with van der Waals surface area (Å²) in [6, 6.07) is 1.91. The van der Waals surface area contributed by atoms with E-state index >= 15 is 0 Å². The number of carbonyl (C=O) groups is 2. The number of rotatable bonds is 5. The molecule has 1 aromatic rings. The Morgan fingerprint density at radius 2 is 2.19 bits per heavy atom. The van der Waals surface area contributed by atoms with E-state index in [2.05, 4.69) is 22.9 Å². The minimum Gasteiger partial charge on any atom is -0.493 e. The van der Waals surface area contributed by atoms with Crippen molar-refractivity contribution in [2.75, 3.05) is 20.2 Å². The highest BCUT2D eigenvalue weighted by atomic mass is 79.9. The van der Waals surface area contributed by atoms with Crippen molar-refractivity contribution >= 4 is 28.1 Å². The molecule has 0 aromatic heterocycles. The molecule has 0 radical (unpaired) electrons. The fraction of sp³-hybridized carbons (Fsp3) is 0.600. The van der Waals surface area contributed by atoms with Gasteiger partial charge in [-0.15, -0.1) is 0 Å². The Bertz CT molecular complexity index is 691. The van der Waals surface area contributed by atoms with Crippen LogP contribution < -0.4 is 9.47 Å². The highest BCUT2D eigenvalue weighted by molar-refractivity contribution is 9.10. The fourth-order valence-corrected chi connectivity index (χ4v) is 4.45. The topological polar surface area (TPSA) is 55.8 Å². The molecule has 0 fully saturated rings. The summed E-state index contributed by atoms with van der Waals surface area (Å²) in [7, 11) is 1.62. The number of benzene rings is 1. The third-order valence-electron chi connectivity index (χ3n) is 5.20. The van der Waals surface area contributed by atoms with Gasteiger partial charge >= 0.3 is 0 Å². The molecule has 2 atom stereocenters. The molecule has 5 nitrogen and oxygen atoms in total. The van der Waals surface area contributed by atoms with Gasteiger partial charge in [-0.25, -0.2) is 0 Å². The van der Waals surface area contributed by atoms with Crippen LogP contribution in [0.1, 0.15) is 51.7 Å². The molecule has 2 unspecified atom stereocenters. The predicted octanol–water partition coefficient (Wildman–Crippen LogP) is 3.89. The zero-order valence-electron chi connectivity index (χ0n) is 16.2. The molecule has 3 rings (SSSR count). The smallest absolute Gasteiger partial charge is 0.209 e. The van der Waals surface area contributed by atoms with E-state index in [-0.39, 0.29) is 11.9 Å². The third kappa shape index (κ3) is 3.48. The van der Waals surface area contributed by atoms with Crippen molar-refractivity contribution in [3.63, 3.8) is 0 Å². The van der Waals surface area contributed by atoms with E-state index in [4.69, 9.17) is 9.47 Å². The number of nitrogens with zero attached hydrogens (tertiary/aromatic N) is 1. The summed E-state index contributed by atoms with van der Waals surface area (Å²) >= 11 is 3.64. The van der Waals surface area contributed by atoms with Crippen molar-refractivity contribution < 1.29 is 19.1 Å². The number of amides is 1. The maximum Gasteiger partial charge on any atom is 0.209 e. The number of ketones is 1. The van der Waals surface area contributed by atoms with Crippen LogP contribution in [0.4, 0.5) is 0 Å². The number of methoxy groups -OCH3 is 1. The zero-order chi connectivity index (χ0) is 19.5. The SMILES string of the molecule is CC.CCC(=O)CC1Oc2c(OC)cc(Br)c3c2C1(C)CN(C=O)CC3. The van der Waals surface area contributed by atoms with E-state index in [9.17, 15) is 9.59 Å². The van der Waals surface area contributed by atoms with Gasteiger partial charge in [0.1, 0.15) is 11.9 Å². The second kappa shape index (κ2) is 8.42. The summed E-state index contributed by atoms with van der Waals surface area (Å²) < 4.78 is 12.7. The molecule has 1 amide bonds. The second-order valence-electron chi connectivity index (χ2n) is 6.69. The van der Waals surface area contributed by atoms with Crippen molar-refractivity contribution in [3.05, 3.63) is 21.7 Å². The van der Waals surface area contributed by atoms with Crippen LogP contribution in [0.15, 0.2) is 10.5 Å². The summed E-state index contributed by atoms with van der Waals surface area (Å²) in [5.41, 5.74) is 1.79. The molecule has 6 heteroatoms. The van der Waals surface area contributed by atoms with Gasteiger partial charge in [-0.1, -0.05) is 43.6 Å². The first kappa shape index (κ1) is 20.7. The van der Waals surface area contributed by atoms with Crippen LogP contribution in [0.5, 0.6) is 11.5 Å². The maximum atomic E-state index is 12.1. The highest BCUT2D eigenvalue weighted by Crippen LogP contribution is 2.53. The molecule has 0 spiro atoms. The Kier molecular flexibility index (Phi) is 6.72. The standard InChI is InChI=1S/C18H22BrNO4.C2H6/c1-4-11(22)7-15-18(2)9-20(10-21)6-5-12-13(19)8-14(23-3)17(24-15)16(12)18;1-2/h8,10,15H,4-7,9H2,1-3H3;1-2H3. The van der Waals surface area contributed by atoms with Crippen molar-refractivity contribution in [3.8, 4) is 11.5 Å². The molecule has 2 aliphatic heterocycles. The summed E-state index contributed by atoms with van der Waals surface area (Å²) in [5, 5.41) is 0. The highest BCUT2D eigenvalue weighted by Gasteiger charge is 2.51. The van der Waals surface area contributed by atoms with Gasteiger partial charge in [0.15, 0.2) is 11.5 Å². The van der Waals surface area contributed by atoms with Crippen molar-refractivity contribution in [1.82, 2.24) is 4.90 Å². The molecular weight excluding hydrogens is 398 g/mol. The molecule has 2 heterocycles. The van der Waals surface area contributed by atoms with Gasteiger partial charge in [0, 0.05) is 36.0 Å². The monoisotopic (exact) mass is 425 g/mol. The van der Waals surface area contributed by atoms with Crippen LogP contribution in [-0.2, 0) is 21.4 Å². The fourth-order valence-electron chi connectivity index (χ4n) is 3.84. The van der Waals surface area contributed by atoms with Gasteiger partial charge in [-0.2, -0.15) is 0 Å². The molecule has 0 N–H and O–H groups in total. The molecule has 0 bridgehead atoms. The molecule has 0 aliphatic carbocycles. The maximum absolute atomic E-state index is 12.1. The number of hydrogen-bond donors (Lipinski definition) is 0. The first-order chi connectivity index (χ1) is 12.4. The summed E-state index contributed by atoms with van der Waals surface area (Å²) in [4.78, 5) is 25.3. The van der Waals surface area contributed by atoms with Gasteiger partial charge in [-0.05, 0) is 18.1 Å². The zero-order valence-corrected chi connectivity index (χ0v) is 17.8. The van der Waals surface area contributed by atoms with E-state index in [0.717, 1.165) is 34.2 Å². The lowest BCUT2D eigenvalue weighted by Gasteiger charge is -2.32. The van der Waals surface area contributed by atoms with Crippen molar-refractivity contribution in [1.29, 1.82) is 0 Å². The lowest BCUT2D eigenvalue weighted by Crippen LogP contribution is -2.45. The average molecular weight is 426 g/mol. The number of ether oxygens (including phenoxy) is 2. The number of carbonyl (C=O) groups excluding carboxylic acids is 2. The van der Waals surface area contributed by atoms with Crippen LogP contribution in [0.2, 0.25) is 0 Å². The summed E-state index contributed by atoms with van der Waals surface area (Å²) in [6.45, 7) is 9.15. The molecule has 0 saturated heterocycles. The van der Waals surface area contributed by atoms with E-state index in [1.807, 2.05) is 26.8 Å². The molecule has 144 valence electrons. The average Bonchev–Trinajstić information content (AvgIpc) is 2.83. The van der Waals surface area contributed by atoms with E-state index in [1.165, 1.54) is 0 Å². The normalized spacial score (nSPS) is 23.2. The Labute approximate surface area is 164 Å². The lowest BCUT2D eigenvalue weighted by atomic mass is 9.75. The first-order valence-corrected chi connectivity index (χ1v) is 10.0. The number of hydrogen-bond acceptors (Lipinski definition) is 4. The Morgan fingerprint density at radius 3 is 2.77 bits per heavy atom. The lowest BCUT2D eigenvalue weighted by molar-refractivity contribution is -0.121. The molecular formula is C20H28BrNO4. The number of halogens is 1. The van der Waals surface area contributed by atoms with Gasteiger partial charge in [0.2, 0.25) is 6.41 Å². The van der Waals surface area contributed by atoms with Crippen LogP contribution in [0.3, 0.4) is 0 Å². The van der Waals surface area contributed by atoms with Crippen molar-refractivity contribution in [2.24, 2.45) is 0 Å². The summed E-state index contributed by atoms with van der Waals surface area (Å²) in [5.74, 6) is 1.55. The predicted molar refractivity (Wildman–Crippen MR) is 105 cm³/mol. The molecule has 26 heavy (non-hydrogen) atoms. The summed E-state index contributed by atoms with van der Waals surface area (Å²) in [6.07, 6.45) is 2.17. The van der Waals surface area contributed by atoms with E-state index in [1.54, 1.807) is 12.0 Å². The van der Waals surface area contributed by atoms with Gasteiger partial charge in [0.25, 0.3) is 0 Å². The van der Waals surface area contributed by atoms with Crippen molar-refractivity contribution in [2.45, 2.75) is 58.5 Å².